The summed E-state index contributed by atoms with van der Waals surface area (Å²) in [6.45, 7) is 0.106. The number of unbranched alkanes of at least 4 members (excludes halogenated alkanes) is 1. The van der Waals surface area contributed by atoms with Crippen LogP contribution in [-0.4, -0.2) is 38.6 Å². The van der Waals surface area contributed by atoms with E-state index in [2.05, 4.69) is 9.46 Å². The molecule has 0 saturated heterocycles. The van der Waals surface area contributed by atoms with Crippen molar-refractivity contribution in [2.75, 3.05) is 13.2 Å². The normalized spacial score (nSPS) is 12.5. The summed E-state index contributed by atoms with van der Waals surface area (Å²) in [7, 11) is -3.97. The number of hydrogen-bond acceptors (Lipinski definition) is 7. The summed E-state index contributed by atoms with van der Waals surface area (Å²) >= 11 is 0. The van der Waals surface area contributed by atoms with E-state index in [1.54, 1.807) is 0 Å². The lowest BCUT2D eigenvalue weighted by Crippen LogP contribution is -2.30. The average Bonchev–Trinajstić information content (AvgIpc) is 2.52. The number of primary amides is 1. The maximum atomic E-state index is 12.1. The first-order valence-corrected chi connectivity index (χ1v) is 8.63. The number of para-hydroxylation sites is 1. The largest absolute Gasteiger partial charge is 0.448 e. The highest BCUT2D eigenvalue weighted by Gasteiger charge is 2.24. The second-order valence-corrected chi connectivity index (χ2v) is 6.74. The summed E-state index contributed by atoms with van der Waals surface area (Å²) in [5.74, 6) is 0. The molecule has 0 aromatic heterocycles. The number of sulfonamides is 1. The van der Waals surface area contributed by atoms with Crippen LogP contribution < -0.4 is 16.2 Å². The maximum Gasteiger partial charge on any atom is 0.404 e. The molecule has 5 N–H and O–H groups in total. The van der Waals surface area contributed by atoms with Gasteiger partial charge in [0, 0.05) is 18.7 Å². The highest BCUT2D eigenvalue weighted by molar-refractivity contribution is 7.89. The van der Waals surface area contributed by atoms with E-state index in [0.29, 0.717) is 19.3 Å². The Kier molecular flexibility index (Phi) is 7.55. The summed E-state index contributed by atoms with van der Waals surface area (Å²) in [5.41, 5.74) is 10.0. The standard InChI is InChI=1S/C13H20N4O6S/c14-10(9-23-13(15)18)5-3-4-8-16-24(21,22)12-7-2-1-6-11(12)17(19)20/h1-2,6-7,10,16H,3-5,8-9,14H2,(H2,15,18)/t10-/m0/s1. The zero-order valence-corrected chi connectivity index (χ0v) is 13.7. The van der Waals surface area contributed by atoms with Gasteiger partial charge in [0.15, 0.2) is 4.90 Å². The summed E-state index contributed by atoms with van der Waals surface area (Å²) in [6.07, 6.45) is 0.676. The number of hydrogen-bond donors (Lipinski definition) is 3. The first kappa shape index (κ1) is 19.8. The van der Waals surface area contributed by atoms with E-state index in [1.807, 2.05) is 0 Å². The first-order valence-electron chi connectivity index (χ1n) is 7.15. The monoisotopic (exact) mass is 360 g/mol. The van der Waals surface area contributed by atoms with Gasteiger partial charge in [0.1, 0.15) is 6.61 Å². The van der Waals surface area contributed by atoms with Gasteiger partial charge in [-0.05, 0) is 18.9 Å². The van der Waals surface area contributed by atoms with Crippen molar-refractivity contribution >= 4 is 21.8 Å². The van der Waals surface area contributed by atoms with Gasteiger partial charge >= 0.3 is 6.09 Å². The molecular formula is C13H20N4O6S. The molecule has 1 aromatic rings. The molecule has 1 rings (SSSR count). The average molecular weight is 360 g/mol. The lowest BCUT2D eigenvalue weighted by Gasteiger charge is -2.11. The number of nitrogens with zero attached hydrogens (tertiary/aromatic N) is 1. The molecule has 0 saturated carbocycles. The third kappa shape index (κ3) is 6.48. The van der Waals surface area contributed by atoms with Crippen molar-refractivity contribution in [2.45, 2.75) is 30.2 Å². The lowest BCUT2D eigenvalue weighted by atomic mass is 10.1. The maximum absolute atomic E-state index is 12.1. The van der Waals surface area contributed by atoms with Crippen molar-refractivity contribution in [3.8, 4) is 0 Å². The fourth-order valence-corrected chi connectivity index (χ4v) is 3.17. The van der Waals surface area contributed by atoms with Gasteiger partial charge in [-0.2, -0.15) is 0 Å². The lowest BCUT2D eigenvalue weighted by molar-refractivity contribution is -0.387. The Hall–Kier alpha value is -2.24. The second kappa shape index (κ2) is 9.15. The summed E-state index contributed by atoms with van der Waals surface area (Å²) in [4.78, 5) is 20.2. The van der Waals surface area contributed by atoms with E-state index in [-0.39, 0.29) is 24.1 Å². The van der Waals surface area contributed by atoms with Crippen LogP contribution in [0.25, 0.3) is 0 Å². The van der Waals surface area contributed by atoms with Gasteiger partial charge in [0.05, 0.1) is 4.92 Å². The van der Waals surface area contributed by atoms with Crippen LogP contribution in [0, 0.1) is 10.1 Å². The van der Waals surface area contributed by atoms with Crippen LogP contribution >= 0.6 is 0 Å². The van der Waals surface area contributed by atoms with Gasteiger partial charge in [-0.1, -0.05) is 18.6 Å². The predicted octanol–water partition coefficient (Wildman–Crippen LogP) is 0.466. The van der Waals surface area contributed by atoms with Crippen LogP contribution in [0.4, 0.5) is 10.5 Å². The number of nitrogens with two attached hydrogens (primary N) is 2. The van der Waals surface area contributed by atoms with Crippen molar-refractivity contribution in [2.24, 2.45) is 11.5 Å². The van der Waals surface area contributed by atoms with E-state index in [1.165, 1.54) is 18.2 Å². The minimum Gasteiger partial charge on any atom is -0.448 e. The molecule has 0 spiro atoms. The van der Waals surface area contributed by atoms with Crippen LogP contribution in [0.5, 0.6) is 0 Å². The van der Waals surface area contributed by atoms with Crippen molar-refractivity contribution < 1.29 is 22.9 Å². The summed E-state index contributed by atoms with van der Waals surface area (Å²) < 4.78 is 31.1. The molecule has 0 aliphatic rings. The fourth-order valence-electron chi connectivity index (χ4n) is 1.92. The fraction of sp³-hybridized carbons (Fsp3) is 0.462. The van der Waals surface area contributed by atoms with Gasteiger partial charge in [0.25, 0.3) is 5.69 Å². The van der Waals surface area contributed by atoms with Crippen LogP contribution in [0.3, 0.4) is 0 Å². The van der Waals surface area contributed by atoms with E-state index in [0.717, 1.165) is 6.07 Å². The smallest absolute Gasteiger partial charge is 0.404 e. The molecule has 0 aliphatic heterocycles. The number of nitro benzene ring substituents is 1. The Morgan fingerprint density at radius 1 is 1.33 bits per heavy atom. The minimum absolute atomic E-state index is 0.00271. The predicted molar refractivity (Wildman–Crippen MR) is 85.6 cm³/mol. The molecule has 0 aliphatic carbocycles. The van der Waals surface area contributed by atoms with Crippen LogP contribution in [0.1, 0.15) is 19.3 Å². The Balaban J connectivity index is 2.45. The molecule has 134 valence electrons. The van der Waals surface area contributed by atoms with E-state index in [4.69, 9.17) is 11.5 Å². The SMILES string of the molecule is NC(=O)OC[C@@H](N)CCCCNS(=O)(=O)c1ccccc1[N+](=O)[O-]. The zero-order chi connectivity index (χ0) is 18.2. The Morgan fingerprint density at radius 3 is 2.62 bits per heavy atom. The molecule has 0 radical (unpaired) electrons. The van der Waals surface area contributed by atoms with Crippen molar-refractivity contribution in [1.82, 2.24) is 4.72 Å². The third-order valence-electron chi connectivity index (χ3n) is 3.08. The Morgan fingerprint density at radius 2 is 2.00 bits per heavy atom. The van der Waals surface area contributed by atoms with Crippen LogP contribution in [0.15, 0.2) is 29.2 Å². The molecule has 10 nitrogen and oxygen atoms in total. The van der Waals surface area contributed by atoms with Gasteiger partial charge in [-0.25, -0.2) is 17.9 Å². The molecule has 1 atom stereocenters. The zero-order valence-electron chi connectivity index (χ0n) is 12.9. The number of amides is 1. The molecule has 24 heavy (non-hydrogen) atoms. The number of carbonyl (C=O) groups is 1. The molecule has 0 fully saturated rings. The van der Waals surface area contributed by atoms with E-state index >= 15 is 0 Å². The number of ether oxygens (including phenoxy) is 1. The summed E-state index contributed by atoms with van der Waals surface area (Å²) in [5, 5.41) is 10.9. The van der Waals surface area contributed by atoms with Crippen molar-refractivity contribution in [3.63, 3.8) is 0 Å². The first-order chi connectivity index (χ1) is 11.2. The molecule has 0 bridgehead atoms. The molecule has 0 heterocycles. The number of nitrogens with one attached hydrogen (secondary N) is 1. The van der Waals surface area contributed by atoms with Gasteiger partial charge < -0.3 is 16.2 Å². The van der Waals surface area contributed by atoms with Gasteiger partial charge in [-0.3, -0.25) is 10.1 Å². The van der Waals surface area contributed by atoms with Crippen LogP contribution in [0.2, 0.25) is 0 Å². The number of carbonyl (C=O) groups excluding carboxylic acids is 1. The van der Waals surface area contributed by atoms with E-state index < -0.39 is 26.7 Å². The molecule has 0 unspecified atom stereocenters. The van der Waals surface area contributed by atoms with E-state index in [9.17, 15) is 23.3 Å². The van der Waals surface area contributed by atoms with Crippen molar-refractivity contribution in [3.05, 3.63) is 34.4 Å². The van der Waals surface area contributed by atoms with Gasteiger partial charge in [-0.15, -0.1) is 0 Å². The summed E-state index contributed by atoms with van der Waals surface area (Å²) in [6, 6.07) is 4.74. The van der Waals surface area contributed by atoms with Crippen molar-refractivity contribution in [1.29, 1.82) is 0 Å². The highest BCUT2D eigenvalue weighted by Crippen LogP contribution is 2.22. The third-order valence-corrected chi connectivity index (χ3v) is 4.59. The van der Waals surface area contributed by atoms with Crippen LogP contribution in [-0.2, 0) is 14.8 Å². The number of nitro groups is 1. The molecular weight excluding hydrogens is 340 g/mol. The van der Waals surface area contributed by atoms with Gasteiger partial charge in [0.2, 0.25) is 10.0 Å². The number of rotatable bonds is 10. The molecule has 11 heteroatoms. The number of benzene rings is 1. The quantitative estimate of drug-likeness (QED) is 0.309. The topological polar surface area (TPSA) is 168 Å². The second-order valence-electron chi connectivity index (χ2n) is 5.01. The minimum atomic E-state index is -3.97. The molecule has 1 aromatic carbocycles. The Labute approximate surface area is 139 Å². The Bertz CT molecular complexity index is 679. The molecule has 1 amide bonds. The highest BCUT2D eigenvalue weighted by atomic mass is 32.2.